The SMILES string of the molecule is COc1cnc(C(O)CC2CCS(=O)(=O)C2)c(OC)n1. The van der Waals surface area contributed by atoms with E-state index < -0.39 is 15.9 Å². The van der Waals surface area contributed by atoms with Crippen LogP contribution in [0.4, 0.5) is 0 Å². The molecular weight excluding hydrogens is 284 g/mol. The van der Waals surface area contributed by atoms with Crippen LogP contribution in [0.1, 0.15) is 24.6 Å². The quantitative estimate of drug-likeness (QED) is 0.838. The van der Waals surface area contributed by atoms with Crippen molar-refractivity contribution in [2.45, 2.75) is 18.9 Å². The Morgan fingerprint density at radius 2 is 2.20 bits per heavy atom. The summed E-state index contributed by atoms with van der Waals surface area (Å²) in [5, 5.41) is 10.2. The van der Waals surface area contributed by atoms with Gasteiger partial charge in [0, 0.05) is 0 Å². The van der Waals surface area contributed by atoms with Crippen molar-refractivity contribution in [1.29, 1.82) is 0 Å². The van der Waals surface area contributed by atoms with E-state index in [1.165, 1.54) is 20.4 Å². The Bertz CT molecular complexity index is 575. The number of ether oxygens (including phenoxy) is 2. The summed E-state index contributed by atoms with van der Waals surface area (Å²) in [7, 11) is -0.0565. The highest BCUT2D eigenvalue weighted by atomic mass is 32.2. The van der Waals surface area contributed by atoms with E-state index in [4.69, 9.17) is 9.47 Å². The molecule has 0 saturated carbocycles. The van der Waals surface area contributed by atoms with Crippen LogP contribution in [0.2, 0.25) is 0 Å². The molecule has 1 aromatic rings. The molecule has 1 aliphatic heterocycles. The van der Waals surface area contributed by atoms with Gasteiger partial charge in [-0.1, -0.05) is 0 Å². The summed E-state index contributed by atoms with van der Waals surface area (Å²) in [4.78, 5) is 8.14. The van der Waals surface area contributed by atoms with Gasteiger partial charge in [-0.15, -0.1) is 0 Å². The molecule has 0 aromatic carbocycles. The lowest BCUT2D eigenvalue weighted by Crippen LogP contribution is -2.12. The second-order valence-corrected chi connectivity index (χ2v) is 7.06. The number of sulfone groups is 1. The number of hydrogen-bond donors (Lipinski definition) is 1. The summed E-state index contributed by atoms with van der Waals surface area (Å²) in [5.41, 5.74) is 0.303. The first-order valence-electron chi connectivity index (χ1n) is 6.28. The number of rotatable bonds is 5. The maximum absolute atomic E-state index is 11.4. The fraction of sp³-hybridized carbons (Fsp3) is 0.667. The molecule has 1 saturated heterocycles. The monoisotopic (exact) mass is 302 g/mol. The van der Waals surface area contributed by atoms with Gasteiger partial charge in [0.15, 0.2) is 9.84 Å². The molecule has 1 N–H and O–H groups in total. The predicted octanol–water partition coefficient (Wildman–Crippen LogP) is 0.352. The largest absolute Gasteiger partial charge is 0.480 e. The first-order chi connectivity index (χ1) is 9.45. The van der Waals surface area contributed by atoms with Crippen LogP contribution in [-0.2, 0) is 9.84 Å². The van der Waals surface area contributed by atoms with Crippen LogP contribution >= 0.6 is 0 Å². The van der Waals surface area contributed by atoms with Gasteiger partial charge in [-0.05, 0) is 18.8 Å². The van der Waals surface area contributed by atoms with Crippen molar-refractivity contribution in [3.8, 4) is 11.8 Å². The standard InChI is InChI=1S/C12H18N2O5S/c1-18-10-6-13-11(12(14-10)19-2)9(15)5-8-3-4-20(16,17)7-8/h6,8-9,15H,3-5,7H2,1-2H3. The second-order valence-electron chi connectivity index (χ2n) is 4.83. The first kappa shape index (κ1) is 15.0. The van der Waals surface area contributed by atoms with Crippen molar-refractivity contribution in [2.24, 2.45) is 5.92 Å². The van der Waals surface area contributed by atoms with E-state index in [0.717, 1.165) is 0 Å². The van der Waals surface area contributed by atoms with Crippen LogP contribution in [0.3, 0.4) is 0 Å². The molecule has 0 bridgehead atoms. The van der Waals surface area contributed by atoms with Gasteiger partial charge in [-0.25, -0.2) is 13.4 Å². The van der Waals surface area contributed by atoms with Gasteiger partial charge in [0.1, 0.15) is 11.8 Å². The zero-order chi connectivity index (χ0) is 14.8. The van der Waals surface area contributed by atoms with Gasteiger partial charge in [0.05, 0.1) is 31.9 Å². The van der Waals surface area contributed by atoms with E-state index in [1.54, 1.807) is 0 Å². The molecule has 0 amide bonds. The molecule has 2 atom stereocenters. The van der Waals surface area contributed by atoms with Crippen molar-refractivity contribution in [2.75, 3.05) is 25.7 Å². The molecule has 0 spiro atoms. The molecule has 20 heavy (non-hydrogen) atoms. The molecular formula is C12H18N2O5S. The number of nitrogens with zero attached hydrogens (tertiary/aromatic N) is 2. The molecule has 1 aliphatic rings. The fourth-order valence-electron chi connectivity index (χ4n) is 2.33. The van der Waals surface area contributed by atoms with E-state index in [-0.39, 0.29) is 23.3 Å². The van der Waals surface area contributed by atoms with Crippen LogP contribution in [0, 0.1) is 5.92 Å². The summed E-state index contributed by atoms with van der Waals surface area (Å²) >= 11 is 0. The van der Waals surface area contributed by atoms with Crippen molar-refractivity contribution < 1.29 is 23.0 Å². The van der Waals surface area contributed by atoms with Gasteiger partial charge >= 0.3 is 0 Å². The molecule has 7 nitrogen and oxygen atoms in total. The van der Waals surface area contributed by atoms with Crippen molar-refractivity contribution in [3.63, 3.8) is 0 Å². The zero-order valence-corrected chi connectivity index (χ0v) is 12.3. The molecule has 2 unspecified atom stereocenters. The van der Waals surface area contributed by atoms with Gasteiger partial charge in [0.2, 0.25) is 11.8 Å². The molecule has 0 aliphatic carbocycles. The van der Waals surface area contributed by atoms with E-state index in [0.29, 0.717) is 24.4 Å². The van der Waals surface area contributed by atoms with E-state index in [1.807, 2.05) is 0 Å². The lowest BCUT2D eigenvalue weighted by molar-refractivity contribution is 0.139. The molecule has 0 radical (unpaired) electrons. The Morgan fingerprint density at radius 1 is 1.45 bits per heavy atom. The molecule has 1 fully saturated rings. The third kappa shape index (κ3) is 3.37. The number of aliphatic hydroxyl groups excluding tert-OH is 1. The van der Waals surface area contributed by atoms with E-state index in [9.17, 15) is 13.5 Å². The average molecular weight is 302 g/mol. The van der Waals surface area contributed by atoms with Crippen molar-refractivity contribution >= 4 is 9.84 Å². The summed E-state index contributed by atoms with van der Waals surface area (Å²) in [6.45, 7) is 0. The Morgan fingerprint density at radius 3 is 2.75 bits per heavy atom. The summed E-state index contributed by atoms with van der Waals surface area (Å²) in [6, 6.07) is 0. The molecule has 2 heterocycles. The normalized spacial score (nSPS) is 22.4. The molecule has 1 aromatic heterocycles. The van der Waals surface area contributed by atoms with E-state index in [2.05, 4.69) is 9.97 Å². The van der Waals surface area contributed by atoms with Gasteiger partial charge < -0.3 is 14.6 Å². The zero-order valence-electron chi connectivity index (χ0n) is 11.4. The second kappa shape index (κ2) is 5.92. The minimum atomic E-state index is -2.95. The number of methoxy groups -OCH3 is 2. The smallest absolute Gasteiger partial charge is 0.241 e. The lowest BCUT2D eigenvalue weighted by Gasteiger charge is -2.16. The Hall–Kier alpha value is -1.41. The third-order valence-electron chi connectivity index (χ3n) is 3.35. The Kier molecular flexibility index (Phi) is 4.44. The van der Waals surface area contributed by atoms with Crippen molar-refractivity contribution in [3.05, 3.63) is 11.9 Å². The van der Waals surface area contributed by atoms with Gasteiger partial charge in [-0.3, -0.25) is 0 Å². The topological polar surface area (TPSA) is 98.6 Å². The van der Waals surface area contributed by atoms with E-state index >= 15 is 0 Å². The minimum absolute atomic E-state index is 0.0522. The number of hydrogen-bond acceptors (Lipinski definition) is 7. The highest BCUT2D eigenvalue weighted by Gasteiger charge is 2.31. The molecule has 2 rings (SSSR count). The first-order valence-corrected chi connectivity index (χ1v) is 8.10. The van der Waals surface area contributed by atoms with Crippen LogP contribution in [0.25, 0.3) is 0 Å². The minimum Gasteiger partial charge on any atom is -0.480 e. The highest BCUT2D eigenvalue weighted by molar-refractivity contribution is 7.91. The molecule has 8 heteroatoms. The van der Waals surface area contributed by atoms with Crippen LogP contribution in [0.15, 0.2) is 6.20 Å². The average Bonchev–Trinajstić information content (AvgIpc) is 2.76. The Labute approximate surface area is 117 Å². The summed E-state index contributed by atoms with van der Waals surface area (Å²) in [5.74, 6) is 0.744. The van der Waals surface area contributed by atoms with Crippen LogP contribution < -0.4 is 9.47 Å². The summed E-state index contributed by atoms with van der Waals surface area (Å²) < 4.78 is 32.8. The number of aromatic nitrogens is 2. The summed E-state index contributed by atoms with van der Waals surface area (Å²) in [6.07, 6.45) is 1.40. The highest BCUT2D eigenvalue weighted by Crippen LogP contribution is 2.31. The Balaban J connectivity index is 2.11. The van der Waals surface area contributed by atoms with Crippen LogP contribution in [0.5, 0.6) is 11.8 Å². The van der Waals surface area contributed by atoms with Gasteiger partial charge in [-0.2, -0.15) is 4.98 Å². The van der Waals surface area contributed by atoms with Crippen molar-refractivity contribution in [1.82, 2.24) is 9.97 Å². The van der Waals surface area contributed by atoms with Crippen LogP contribution in [-0.4, -0.2) is 49.2 Å². The van der Waals surface area contributed by atoms with Gasteiger partial charge in [0.25, 0.3) is 0 Å². The molecule has 112 valence electrons. The number of aliphatic hydroxyl groups is 1. The third-order valence-corrected chi connectivity index (χ3v) is 5.18. The fourth-order valence-corrected chi connectivity index (χ4v) is 4.21. The maximum atomic E-state index is 11.4. The maximum Gasteiger partial charge on any atom is 0.241 e. The predicted molar refractivity (Wildman–Crippen MR) is 71.5 cm³/mol. The lowest BCUT2D eigenvalue weighted by atomic mass is 9.99.